The van der Waals surface area contributed by atoms with Gasteiger partial charge in [0.25, 0.3) is 0 Å². The van der Waals surface area contributed by atoms with Gasteiger partial charge >= 0.3 is 0 Å². The maximum atomic E-state index is 9.29. The number of hydrogen-bond acceptors (Lipinski definition) is 3. The SMILES string of the molecule is C=C1c2cccc(NO)c2CN1c1ccc2ccn(C)c2c1. The molecular formula is C18H17N3O. The normalized spacial score (nSPS) is 13.7. The van der Waals surface area contributed by atoms with Gasteiger partial charge in [-0.05, 0) is 29.7 Å². The van der Waals surface area contributed by atoms with E-state index in [-0.39, 0.29) is 0 Å². The number of nitrogens with one attached hydrogen (secondary N) is 1. The third-order valence-electron chi connectivity index (χ3n) is 4.43. The Morgan fingerprint density at radius 3 is 2.86 bits per heavy atom. The number of aryl methyl sites for hydroxylation is 1. The molecule has 110 valence electrons. The molecule has 0 atom stereocenters. The van der Waals surface area contributed by atoms with E-state index in [0.29, 0.717) is 6.54 Å². The van der Waals surface area contributed by atoms with Crippen molar-refractivity contribution in [3.05, 3.63) is 66.4 Å². The monoisotopic (exact) mass is 291 g/mol. The first-order chi connectivity index (χ1) is 10.7. The van der Waals surface area contributed by atoms with Crippen LogP contribution in [0.4, 0.5) is 11.4 Å². The molecule has 1 aromatic heterocycles. The highest BCUT2D eigenvalue weighted by molar-refractivity contribution is 5.90. The van der Waals surface area contributed by atoms with Gasteiger partial charge in [0.1, 0.15) is 0 Å². The third kappa shape index (κ3) is 1.74. The first kappa shape index (κ1) is 13.0. The molecule has 0 saturated heterocycles. The van der Waals surface area contributed by atoms with Gasteiger partial charge in [-0.1, -0.05) is 24.8 Å². The lowest BCUT2D eigenvalue weighted by atomic mass is 10.1. The van der Waals surface area contributed by atoms with Gasteiger partial charge in [-0.2, -0.15) is 0 Å². The molecule has 4 nitrogen and oxygen atoms in total. The Morgan fingerprint density at radius 2 is 2.05 bits per heavy atom. The summed E-state index contributed by atoms with van der Waals surface area (Å²) >= 11 is 0. The number of anilines is 2. The zero-order valence-corrected chi connectivity index (χ0v) is 12.4. The van der Waals surface area contributed by atoms with Crippen molar-refractivity contribution in [3.63, 3.8) is 0 Å². The maximum absolute atomic E-state index is 9.29. The predicted molar refractivity (Wildman–Crippen MR) is 90.0 cm³/mol. The molecule has 4 rings (SSSR count). The van der Waals surface area contributed by atoms with Crippen molar-refractivity contribution in [2.45, 2.75) is 6.54 Å². The molecule has 0 bridgehead atoms. The van der Waals surface area contributed by atoms with Crippen molar-refractivity contribution < 1.29 is 5.21 Å². The van der Waals surface area contributed by atoms with Crippen molar-refractivity contribution >= 4 is 28.0 Å². The molecule has 0 saturated carbocycles. The number of fused-ring (bicyclic) bond motifs is 2. The Hall–Kier alpha value is -2.72. The summed E-state index contributed by atoms with van der Waals surface area (Å²) in [6, 6.07) is 14.4. The minimum Gasteiger partial charge on any atom is -0.350 e. The van der Waals surface area contributed by atoms with Crippen LogP contribution in [0.15, 0.2) is 55.2 Å². The molecule has 1 aliphatic rings. The van der Waals surface area contributed by atoms with E-state index in [9.17, 15) is 5.21 Å². The molecule has 2 heterocycles. The van der Waals surface area contributed by atoms with Crippen molar-refractivity contribution in [3.8, 4) is 0 Å². The molecule has 22 heavy (non-hydrogen) atoms. The van der Waals surface area contributed by atoms with E-state index in [4.69, 9.17) is 0 Å². The molecule has 0 amide bonds. The predicted octanol–water partition coefficient (Wildman–Crippen LogP) is 3.97. The second kappa shape index (κ2) is 4.64. The Labute approximate surface area is 128 Å². The van der Waals surface area contributed by atoms with E-state index in [1.54, 1.807) is 0 Å². The summed E-state index contributed by atoms with van der Waals surface area (Å²) in [4.78, 5) is 2.18. The number of rotatable bonds is 2. The van der Waals surface area contributed by atoms with Gasteiger partial charge in [0.05, 0.1) is 12.2 Å². The van der Waals surface area contributed by atoms with E-state index in [1.165, 1.54) is 10.9 Å². The largest absolute Gasteiger partial charge is 0.350 e. The zero-order valence-electron chi connectivity index (χ0n) is 12.4. The third-order valence-corrected chi connectivity index (χ3v) is 4.43. The van der Waals surface area contributed by atoms with Crippen LogP contribution in [0.5, 0.6) is 0 Å². The lowest BCUT2D eigenvalue weighted by molar-refractivity contribution is 0.388. The second-order valence-corrected chi connectivity index (χ2v) is 5.65. The van der Waals surface area contributed by atoms with Crippen molar-refractivity contribution in [1.82, 2.24) is 4.57 Å². The number of nitrogens with zero attached hydrogens (tertiary/aromatic N) is 2. The van der Waals surface area contributed by atoms with Gasteiger partial charge in [0.2, 0.25) is 0 Å². The lowest BCUT2D eigenvalue weighted by Crippen LogP contribution is -2.13. The van der Waals surface area contributed by atoms with Crippen LogP contribution in [-0.2, 0) is 13.6 Å². The fourth-order valence-electron chi connectivity index (χ4n) is 3.20. The van der Waals surface area contributed by atoms with Crippen LogP contribution in [0.2, 0.25) is 0 Å². The van der Waals surface area contributed by atoms with Crippen molar-refractivity contribution in [2.75, 3.05) is 10.4 Å². The molecule has 0 fully saturated rings. The Bertz CT molecular complexity index is 894. The number of aromatic nitrogens is 1. The average Bonchev–Trinajstić information content (AvgIpc) is 3.08. The molecule has 4 heteroatoms. The van der Waals surface area contributed by atoms with Crippen LogP contribution >= 0.6 is 0 Å². The number of benzene rings is 2. The summed E-state index contributed by atoms with van der Waals surface area (Å²) in [6.07, 6.45) is 2.07. The van der Waals surface area contributed by atoms with Gasteiger partial charge in [-0.25, -0.2) is 0 Å². The summed E-state index contributed by atoms with van der Waals surface area (Å²) in [7, 11) is 2.05. The van der Waals surface area contributed by atoms with Gasteiger partial charge in [0, 0.05) is 41.3 Å². The highest BCUT2D eigenvalue weighted by atomic mass is 16.5. The van der Waals surface area contributed by atoms with Crippen LogP contribution in [0.25, 0.3) is 16.6 Å². The topological polar surface area (TPSA) is 40.4 Å². The van der Waals surface area contributed by atoms with E-state index < -0.39 is 0 Å². The van der Waals surface area contributed by atoms with Gasteiger partial charge < -0.3 is 9.47 Å². The summed E-state index contributed by atoms with van der Waals surface area (Å²) < 4.78 is 2.12. The van der Waals surface area contributed by atoms with Crippen LogP contribution < -0.4 is 10.4 Å². The van der Waals surface area contributed by atoms with Crippen LogP contribution in [0.3, 0.4) is 0 Å². The first-order valence-corrected chi connectivity index (χ1v) is 7.23. The smallest absolute Gasteiger partial charge is 0.0658 e. The molecule has 0 unspecified atom stereocenters. The second-order valence-electron chi connectivity index (χ2n) is 5.65. The van der Waals surface area contributed by atoms with Crippen molar-refractivity contribution in [1.29, 1.82) is 0 Å². The van der Waals surface area contributed by atoms with Crippen LogP contribution in [0.1, 0.15) is 11.1 Å². The zero-order chi connectivity index (χ0) is 15.3. The van der Waals surface area contributed by atoms with E-state index in [2.05, 4.69) is 52.0 Å². The minimum atomic E-state index is 0.702. The lowest BCUT2D eigenvalue weighted by Gasteiger charge is -2.20. The molecule has 2 N–H and O–H groups in total. The molecule has 0 radical (unpaired) electrons. The maximum Gasteiger partial charge on any atom is 0.0658 e. The Morgan fingerprint density at radius 1 is 1.18 bits per heavy atom. The summed E-state index contributed by atoms with van der Waals surface area (Å²) in [5, 5.41) is 10.5. The molecule has 0 aliphatic carbocycles. The quantitative estimate of drug-likeness (QED) is 0.702. The van der Waals surface area contributed by atoms with E-state index in [0.717, 1.165) is 28.2 Å². The van der Waals surface area contributed by atoms with Crippen LogP contribution in [-0.4, -0.2) is 9.77 Å². The first-order valence-electron chi connectivity index (χ1n) is 7.23. The fraction of sp³-hybridized carbons (Fsp3) is 0.111. The highest BCUT2D eigenvalue weighted by Gasteiger charge is 2.25. The molecule has 0 spiro atoms. The molecule has 3 aromatic rings. The standard InChI is InChI=1S/C18H17N3O/c1-12-15-4-3-5-17(19-22)16(15)11-21(12)14-7-6-13-8-9-20(2)18(13)10-14/h3-10,19,22H,1,11H2,2H3. The Balaban J connectivity index is 1.80. The van der Waals surface area contributed by atoms with Crippen molar-refractivity contribution in [2.24, 2.45) is 7.05 Å². The highest BCUT2D eigenvalue weighted by Crippen LogP contribution is 2.39. The molecule has 1 aliphatic heterocycles. The fourth-order valence-corrected chi connectivity index (χ4v) is 3.20. The van der Waals surface area contributed by atoms with Gasteiger partial charge in [0.15, 0.2) is 0 Å². The average molecular weight is 291 g/mol. The van der Waals surface area contributed by atoms with Crippen LogP contribution in [0, 0.1) is 0 Å². The Kier molecular flexibility index (Phi) is 2.74. The molecular weight excluding hydrogens is 274 g/mol. The summed E-state index contributed by atoms with van der Waals surface area (Å²) in [5.41, 5.74) is 8.43. The minimum absolute atomic E-state index is 0.702. The van der Waals surface area contributed by atoms with Gasteiger partial charge in [-0.3, -0.25) is 10.7 Å². The van der Waals surface area contributed by atoms with E-state index >= 15 is 0 Å². The van der Waals surface area contributed by atoms with Gasteiger partial charge in [-0.15, -0.1) is 0 Å². The summed E-state index contributed by atoms with van der Waals surface area (Å²) in [6.45, 7) is 4.93. The summed E-state index contributed by atoms with van der Waals surface area (Å²) in [5.74, 6) is 0. The molecule has 2 aromatic carbocycles. The van der Waals surface area contributed by atoms with E-state index in [1.807, 2.05) is 25.2 Å². The number of hydrogen-bond donors (Lipinski definition) is 2.